The van der Waals surface area contributed by atoms with Crippen LogP contribution in [0.1, 0.15) is 58.8 Å². The topological polar surface area (TPSA) is 140 Å². The number of hydrogen-bond donors (Lipinski definition) is 4. The Morgan fingerprint density at radius 1 is 0.938 bits per heavy atom. The Kier molecular flexibility index (Phi) is 38.8. The molecule has 0 aromatic rings. The Morgan fingerprint density at radius 3 is 1.84 bits per heavy atom. The van der Waals surface area contributed by atoms with E-state index >= 15 is 0 Å². The van der Waals surface area contributed by atoms with E-state index in [4.69, 9.17) is 5.73 Å². The van der Waals surface area contributed by atoms with Gasteiger partial charge in [-0.25, -0.2) is 0 Å². The zero-order chi connectivity index (χ0) is 24.5. The monoisotopic (exact) mass is 798 g/mol. The second kappa shape index (κ2) is 31.4. The lowest BCUT2D eigenvalue weighted by molar-refractivity contribution is -0.132. The van der Waals surface area contributed by atoms with Crippen molar-refractivity contribution in [3.05, 3.63) is 0 Å². The predicted octanol–water partition coefficient (Wildman–Crippen LogP) is 2.69. The van der Waals surface area contributed by atoms with E-state index in [1.165, 1.54) is 6.92 Å². The molecule has 0 radical (unpaired) electrons. The van der Waals surface area contributed by atoms with Gasteiger partial charge in [-0.2, -0.15) is 0 Å². The van der Waals surface area contributed by atoms with E-state index in [0.29, 0.717) is 12.9 Å². The molecule has 0 bridgehead atoms. The van der Waals surface area contributed by atoms with Crippen molar-refractivity contribution >= 4 is 85.2 Å². The van der Waals surface area contributed by atoms with Gasteiger partial charge in [0.05, 0.1) is 25.1 Å². The summed E-state index contributed by atoms with van der Waals surface area (Å²) in [5.74, 6) is -0.232. The van der Waals surface area contributed by atoms with E-state index in [2.05, 4.69) is 57.9 Å². The molecule has 0 rings (SSSR count). The molecule has 0 aromatic heterocycles. The highest BCUT2D eigenvalue weighted by Crippen LogP contribution is 2.02. The van der Waals surface area contributed by atoms with Gasteiger partial charge in [0.15, 0.2) is 5.78 Å². The van der Waals surface area contributed by atoms with Crippen LogP contribution in [0.2, 0.25) is 0 Å². The Hall–Kier alpha value is 0.350. The maximum atomic E-state index is 11.4. The first kappa shape index (κ1) is 39.6. The highest BCUT2D eigenvalue weighted by molar-refractivity contribution is 15.0. The van der Waals surface area contributed by atoms with Crippen LogP contribution >= 0.6 is 61.2 Å². The largest absolute Gasteiger partial charge is 0.467 e. The van der Waals surface area contributed by atoms with Crippen LogP contribution in [0.25, 0.3) is 0 Å². The van der Waals surface area contributed by atoms with E-state index in [0.717, 1.165) is 45.2 Å². The molecule has 0 aliphatic rings. The predicted molar refractivity (Wildman–Crippen MR) is 157 cm³/mol. The van der Waals surface area contributed by atoms with Crippen LogP contribution in [0.3, 0.4) is 0 Å². The summed E-state index contributed by atoms with van der Waals surface area (Å²) < 4.78 is 4.42. The smallest absolute Gasteiger partial charge is 0.293 e. The molecule has 0 aliphatic carbocycles. The Balaban J connectivity index is -0.000000241. The molecule has 9 nitrogen and oxygen atoms in total. The quantitative estimate of drug-likeness (QED) is 0.100. The molecule has 0 aromatic carbocycles. The molecule has 192 valence electrons. The van der Waals surface area contributed by atoms with Gasteiger partial charge in [-0.15, -0.1) is 24.0 Å². The molecule has 0 fully saturated rings. The summed E-state index contributed by atoms with van der Waals surface area (Å²) in [6.45, 7) is 5.25. The second-order valence-electron chi connectivity index (χ2n) is 6.86. The third-order valence-corrected chi connectivity index (χ3v) is 4.22. The van der Waals surface area contributed by atoms with Crippen molar-refractivity contribution in [2.45, 2.75) is 70.9 Å². The standard InChI is InChI=1S/C12H22N2O4.C8H18N2O.I2.HI/c1-10(16)11(5-3-4-7-13-2)14-12(17)6-8-18-9-15;1-7(11)8(9)5-3-4-6-10-2;1-2;/h9,11,13H,3-8H2,1-2H3,(H,14,17);8,10H,3-6,9H2,1-2H3;;1H. The van der Waals surface area contributed by atoms with Crippen molar-refractivity contribution in [1.82, 2.24) is 16.0 Å². The highest BCUT2D eigenvalue weighted by atomic mass is 128. The molecule has 0 spiro atoms. The number of hydrogen-bond acceptors (Lipinski definition) is 8. The van der Waals surface area contributed by atoms with Gasteiger partial charge >= 0.3 is 0 Å². The number of nitrogens with one attached hydrogen (secondary N) is 3. The summed E-state index contributed by atoms with van der Waals surface area (Å²) in [7, 11) is 3.79. The molecule has 2 unspecified atom stereocenters. The summed E-state index contributed by atoms with van der Waals surface area (Å²) in [6, 6.07) is -0.683. The molecule has 1 amide bonds. The summed E-state index contributed by atoms with van der Waals surface area (Å²) in [5, 5.41) is 8.72. The number of carbonyl (C=O) groups excluding carboxylic acids is 4. The van der Waals surface area contributed by atoms with Gasteiger partial charge < -0.3 is 26.4 Å². The number of Topliss-reactive ketones (excluding diaryl/α,β-unsaturated/α-hetero) is 2. The maximum absolute atomic E-state index is 11.4. The average Bonchev–Trinajstić information content (AvgIpc) is 2.75. The summed E-state index contributed by atoms with van der Waals surface area (Å²) in [5.41, 5.74) is 5.53. The van der Waals surface area contributed by atoms with E-state index in [-0.39, 0.29) is 60.5 Å². The van der Waals surface area contributed by atoms with Gasteiger partial charge in [-0.3, -0.25) is 19.2 Å². The minimum atomic E-state index is -0.439. The van der Waals surface area contributed by atoms with Crippen molar-refractivity contribution in [3.63, 3.8) is 0 Å². The second-order valence-corrected chi connectivity index (χ2v) is 6.86. The lowest BCUT2D eigenvalue weighted by atomic mass is 10.1. The first-order valence-electron chi connectivity index (χ1n) is 10.3. The van der Waals surface area contributed by atoms with Gasteiger partial charge in [0.2, 0.25) is 5.91 Å². The van der Waals surface area contributed by atoms with E-state index in [9.17, 15) is 19.2 Å². The molecule has 12 heteroatoms. The number of ketones is 2. The highest BCUT2D eigenvalue weighted by Gasteiger charge is 2.16. The van der Waals surface area contributed by atoms with Gasteiger partial charge in [0.25, 0.3) is 6.47 Å². The van der Waals surface area contributed by atoms with Crippen LogP contribution in [0, 0.1) is 0 Å². The van der Waals surface area contributed by atoms with Crippen molar-refractivity contribution in [2.24, 2.45) is 5.73 Å². The number of ether oxygens (including phenoxy) is 1. The van der Waals surface area contributed by atoms with E-state index in [1.54, 1.807) is 6.92 Å². The number of carbonyl (C=O) groups is 4. The van der Waals surface area contributed by atoms with Gasteiger partial charge in [0, 0.05) is 37.2 Å². The van der Waals surface area contributed by atoms with Crippen LogP contribution in [0.5, 0.6) is 0 Å². The molecular weight excluding hydrogens is 757 g/mol. The molecule has 0 saturated heterocycles. The van der Waals surface area contributed by atoms with Crippen LogP contribution in [-0.4, -0.2) is 69.8 Å². The zero-order valence-corrected chi connectivity index (χ0v) is 26.2. The minimum absolute atomic E-state index is 0. The number of halogens is 3. The average molecular weight is 798 g/mol. The molecular formula is C20H41I3N4O5. The van der Waals surface area contributed by atoms with Crippen LogP contribution in [0.15, 0.2) is 0 Å². The molecule has 2 atom stereocenters. The molecule has 5 N–H and O–H groups in total. The fourth-order valence-electron chi connectivity index (χ4n) is 2.36. The minimum Gasteiger partial charge on any atom is -0.467 e. The molecule has 0 heterocycles. The fraction of sp³-hybridized carbons (Fsp3) is 0.800. The third kappa shape index (κ3) is 30.4. The Labute approximate surface area is 233 Å². The van der Waals surface area contributed by atoms with Gasteiger partial charge in [-0.05, 0) is 73.1 Å². The van der Waals surface area contributed by atoms with Gasteiger partial charge in [0.1, 0.15) is 5.78 Å². The van der Waals surface area contributed by atoms with Crippen molar-refractivity contribution in [2.75, 3.05) is 33.8 Å². The first-order chi connectivity index (χ1) is 14.8. The van der Waals surface area contributed by atoms with Crippen LogP contribution < -0.4 is 21.7 Å². The number of nitrogens with two attached hydrogens (primary N) is 1. The number of unbranched alkanes of at least 4 members (excludes halogenated alkanes) is 2. The van der Waals surface area contributed by atoms with Crippen molar-refractivity contribution in [1.29, 1.82) is 0 Å². The van der Waals surface area contributed by atoms with Crippen molar-refractivity contribution < 1.29 is 23.9 Å². The SMILES string of the molecule is CNCCCCC(N)C(C)=O.CNCCCCC(NC(=O)CCOC=O)C(C)=O.I.II. The maximum Gasteiger partial charge on any atom is 0.293 e. The molecule has 0 saturated carbocycles. The summed E-state index contributed by atoms with van der Waals surface area (Å²) >= 11 is 4.24. The molecule has 32 heavy (non-hydrogen) atoms. The zero-order valence-electron chi connectivity index (χ0n) is 19.6. The normalized spacial score (nSPS) is 11.2. The molecule has 0 aliphatic heterocycles. The Bertz CT molecular complexity index is 475. The van der Waals surface area contributed by atoms with E-state index in [1.807, 2.05) is 14.1 Å². The van der Waals surface area contributed by atoms with Crippen LogP contribution in [0.4, 0.5) is 0 Å². The van der Waals surface area contributed by atoms with Crippen LogP contribution in [-0.2, 0) is 23.9 Å². The lowest BCUT2D eigenvalue weighted by Crippen LogP contribution is -2.40. The van der Waals surface area contributed by atoms with Gasteiger partial charge in [-0.1, -0.05) is 6.42 Å². The number of amides is 1. The summed E-state index contributed by atoms with van der Waals surface area (Å²) in [6.07, 6.45) is 5.49. The number of rotatable bonds is 17. The summed E-state index contributed by atoms with van der Waals surface area (Å²) in [4.78, 5) is 43.4. The third-order valence-electron chi connectivity index (χ3n) is 4.22. The van der Waals surface area contributed by atoms with Crippen molar-refractivity contribution in [3.8, 4) is 0 Å². The van der Waals surface area contributed by atoms with E-state index < -0.39 is 6.04 Å². The lowest BCUT2D eigenvalue weighted by Gasteiger charge is -2.15. The fourth-order valence-corrected chi connectivity index (χ4v) is 2.36. The first-order valence-corrected chi connectivity index (χ1v) is 16.6. The Morgan fingerprint density at radius 2 is 1.44 bits per heavy atom.